The summed E-state index contributed by atoms with van der Waals surface area (Å²) in [5, 5.41) is 13.6. The fourth-order valence-electron chi connectivity index (χ4n) is 2.63. The highest BCUT2D eigenvalue weighted by atomic mass is 16.3. The topological polar surface area (TPSA) is 41.3 Å². The Bertz CT molecular complexity index is 400. The number of hydrogen-bond acceptors (Lipinski definition) is 3. The van der Waals surface area contributed by atoms with Gasteiger partial charge >= 0.3 is 0 Å². The van der Waals surface area contributed by atoms with Crippen LogP contribution < -0.4 is 0 Å². The molecule has 1 saturated heterocycles. The Kier molecular flexibility index (Phi) is 4.55. The average molecular weight is 249 g/mol. The maximum Gasteiger partial charge on any atom is 0.0590 e. The van der Waals surface area contributed by atoms with Crippen molar-refractivity contribution in [3.63, 3.8) is 0 Å². The highest BCUT2D eigenvalue weighted by Crippen LogP contribution is 2.19. The third kappa shape index (κ3) is 3.00. The molecule has 1 aromatic rings. The summed E-state index contributed by atoms with van der Waals surface area (Å²) in [6.45, 7) is 10.0. The average Bonchev–Trinajstić information content (AvgIpc) is 2.72. The van der Waals surface area contributed by atoms with Gasteiger partial charge in [0.05, 0.1) is 12.7 Å². The Morgan fingerprint density at radius 1 is 1.61 bits per heavy atom. The predicted molar refractivity (Wildman–Crippen MR) is 72.2 cm³/mol. The molecule has 0 amide bonds. The lowest BCUT2D eigenvalue weighted by molar-refractivity contribution is 0.115. The van der Waals surface area contributed by atoms with Gasteiger partial charge in [0.1, 0.15) is 0 Å². The number of nitrogens with zero attached hydrogens (tertiary/aromatic N) is 3. The predicted octanol–water partition coefficient (Wildman–Crippen LogP) is 1.58. The number of piperidine rings is 1. The summed E-state index contributed by atoms with van der Waals surface area (Å²) in [5.41, 5.74) is 2.51. The molecule has 1 aromatic heterocycles. The monoisotopic (exact) mass is 249 g/mol. The van der Waals surface area contributed by atoms with Crippen LogP contribution in [0.4, 0.5) is 0 Å². The van der Waals surface area contributed by atoms with Crippen molar-refractivity contribution < 1.29 is 5.11 Å². The third-order valence-corrected chi connectivity index (χ3v) is 3.76. The summed E-state index contributed by atoms with van der Waals surface area (Å²) in [5.74, 6) is 0.447. The molecule has 1 aliphatic rings. The van der Waals surface area contributed by atoms with Gasteiger partial charge in [-0.05, 0) is 32.2 Å². The molecule has 1 aliphatic heterocycles. The summed E-state index contributed by atoms with van der Waals surface area (Å²) in [7, 11) is 0. The quantitative estimate of drug-likeness (QED) is 0.806. The maximum absolute atomic E-state index is 9.25. The van der Waals surface area contributed by atoms with Crippen molar-refractivity contribution in [2.45, 2.75) is 32.9 Å². The Labute approximate surface area is 109 Å². The minimum atomic E-state index is 0.311. The van der Waals surface area contributed by atoms with Crippen LogP contribution in [0, 0.1) is 12.8 Å². The first-order valence-corrected chi connectivity index (χ1v) is 6.70. The second-order valence-electron chi connectivity index (χ2n) is 5.15. The molecule has 1 unspecified atom stereocenters. The van der Waals surface area contributed by atoms with Crippen LogP contribution in [0.2, 0.25) is 0 Å². The highest BCUT2D eigenvalue weighted by Gasteiger charge is 2.20. The molecule has 0 spiro atoms. The van der Waals surface area contributed by atoms with Gasteiger partial charge < -0.3 is 5.11 Å². The van der Waals surface area contributed by atoms with E-state index in [1.54, 1.807) is 0 Å². The van der Waals surface area contributed by atoms with Crippen LogP contribution in [0.15, 0.2) is 18.9 Å². The van der Waals surface area contributed by atoms with E-state index in [0.29, 0.717) is 12.5 Å². The molecule has 0 aliphatic carbocycles. The van der Waals surface area contributed by atoms with Gasteiger partial charge in [0, 0.05) is 31.0 Å². The summed E-state index contributed by atoms with van der Waals surface area (Å²) in [6, 6.07) is 0. The van der Waals surface area contributed by atoms with Crippen molar-refractivity contribution in [3.8, 4) is 0 Å². The third-order valence-electron chi connectivity index (χ3n) is 3.76. The first-order valence-electron chi connectivity index (χ1n) is 6.70. The Morgan fingerprint density at radius 2 is 2.44 bits per heavy atom. The van der Waals surface area contributed by atoms with Crippen molar-refractivity contribution in [2.24, 2.45) is 5.92 Å². The lowest BCUT2D eigenvalue weighted by Crippen LogP contribution is -2.36. The number of aliphatic hydroxyl groups is 1. The SMILES string of the molecule is C=CCn1ncc(CN2CCCC(CO)C2)c1C. The van der Waals surface area contributed by atoms with Gasteiger partial charge in [-0.3, -0.25) is 9.58 Å². The van der Waals surface area contributed by atoms with Crippen LogP contribution in [-0.2, 0) is 13.1 Å². The van der Waals surface area contributed by atoms with E-state index in [9.17, 15) is 5.11 Å². The van der Waals surface area contributed by atoms with E-state index in [1.165, 1.54) is 17.7 Å². The highest BCUT2D eigenvalue weighted by molar-refractivity contribution is 5.16. The van der Waals surface area contributed by atoms with E-state index in [0.717, 1.165) is 32.6 Å². The molecule has 0 bridgehead atoms. The molecule has 1 atom stereocenters. The molecular weight excluding hydrogens is 226 g/mol. The van der Waals surface area contributed by atoms with Gasteiger partial charge in [-0.1, -0.05) is 6.08 Å². The smallest absolute Gasteiger partial charge is 0.0590 e. The van der Waals surface area contributed by atoms with Crippen molar-refractivity contribution in [1.82, 2.24) is 14.7 Å². The molecule has 0 radical (unpaired) electrons. The maximum atomic E-state index is 9.25. The van der Waals surface area contributed by atoms with E-state index < -0.39 is 0 Å². The zero-order valence-electron chi connectivity index (χ0n) is 11.2. The molecular formula is C14H23N3O. The number of aromatic nitrogens is 2. The summed E-state index contributed by atoms with van der Waals surface area (Å²) < 4.78 is 1.98. The first-order chi connectivity index (χ1) is 8.74. The molecule has 2 heterocycles. The van der Waals surface area contributed by atoms with Crippen molar-refractivity contribution in [1.29, 1.82) is 0 Å². The zero-order valence-corrected chi connectivity index (χ0v) is 11.2. The Balaban J connectivity index is 1.98. The van der Waals surface area contributed by atoms with E-state index >= 15 is 0 Å². The lowest BCUT2D eigenvalue weighted by atomic mass is 9.98. The van der Waals surface area contributed by atoms with Crippen molar-refractivity contribution >= 4 is 0 Å². The minimum absolute atomic E-state index is 0.311. The Morgan fingerprint density at radius 3 is 3.17 bits per heavy atom. The number of rotatable bonds is 5. The van der Waals surface area contributed by atoms with Crippen molar-refractivity contribution in [2.75, 3.05) is 19.7 Å². The molecule has 2 rings (SSSR count). The molecule has 0 aromatic carbocycles. The van der Waals surface area contributed by atoms with Crippen LogP contribution in [0.25, 0.3) is 0 Å². The van der Waals surface area contributed by atoms with Gasteiger partial charge in [-0.2, -0.15) is 5.10 Å². The molecule has 4 heteroatoms. The molecule has 18 heavy (non-hydrogen) atoms. The van der Waals surface area contributed by atoms with Crippen LogP contribution in [0.5, 0.6) is 0 Å². The molecule has 1 N–H and O–H groups in total. The van der Waals surface area contributed by atoms with E-state index in [4.69, 9.17) is 0 Å². The van der Waals surface area contributed by atoms with Crippen LogP contribution >= 0.6 is 0 Å². The number of likely N-dealkylation sites (tertiary alicyclic amines) is 1. The summed E-state index contributed by atoms with van der Waals surface area (Å²) >= 11 is 0. The van der Waals surface area contributed by atoms with E-state index in [2.05, 4.69) is 23.5 Å². The summed E-state index contributed by atoms with van der Waals surface area (Å²) in [4.78, 5) is 2.42. The standard InChI is InChI=1S/C14H23N3O/c1-3-6-17-12(2)14(8-15-17)10-16-7-4-5-13(9-16)11-18/h3,8,13,18H,1,4-7,9-11H2,2H3. The number of aliphatic hydroxyl groups excluding tert-OH is 1. The fraction of sp³-hybridized carbons (Fsp3) is 0.643. The van der Waals surface area contributed by atoms with Crippen molar-refractivity contribution in [3.05, 3.63) is 30.1 Å². The van der Waals surface area contributed by atoms with Gasteiger partial charge in [-0.25, -0.2) is 0 Å². The van der Waals surface area contributed by atoms with Gasteiger partial charge in [0.25, 0.3) is 0 Å². The molecule has 0 saturated carbocycles. The molecule has 100 valence electrons. The lowest BCUT2D eigenvalue weighted by Gasteiger charge is -2.31. The number of hydrogen-bond donors (Lipinski definition) is 1. The molecule has 1 fully saturated rings. The fourth-order valence-corrected chi connectivity index (χ4v) is 2.63. The normalized spacial score (nSPS) is 21.1. The summed E-state index contributed by atoms with van der Waals surface area (Å²) in [6.07, 6.45) is 6.17. The second kappa shape index (κ2) is 6.16. The van der Waals surface area contributed by atoms with Crippen LogP contribution in [-0.4, -0.2) is 39.5 Å². The van der Waals surface area contributed by atoms with E-state index in [-0.39, 0.29) is 0 Å². The van der Waals surface area contributed by atoms with Crippen LogP contribution in [0.3, 0.4) is 0 Å². The Hall–Kier alpha value is -1.13. The number of allylic oxidation sites excluding steroid dienone is 1. The van der Waals surface area contributed by atoms with E-state index in [1.807, 2.05) is 17.0 Å². The van der Waals surface area contributed by atoms with Gasteiger partial charge in [0.2, 0.25) is 0 Å². The van der Waals surface area contributed by atoms with Gasteiger partial charge in [0.15, 0.2) is 0 Å². The largest absolute Gasteiger partial charge is 0.396 e. The second-order valence-corrected chi connectivity index (χ2v) is 5.15. The van der Waals surface area contributed by atoms with Gasteiger partial charge in [-0.15, -0.1) is 6.58 Å². The first kappa shape index (κ1) is 13.3. The minimum Gasteiger partial charge on any atom is -0.396 e. The van der Waals surface area contributed by atoms with Crippen LogP contribution in [0.1, 0.15) is 24.1 Å². The zero-order chi connectivity index (χ0) is 13.0. The molecule has 4 nitrogen and oxygen atoms in total.